The summed E-state index contributed by atoms with van der Waals surface area (Å²) in [6, 6.07) is 3.53. The molecule has 2 nitrogen and oxygen atoms in total. The van der Waals surface area contributed by atoms with Gasteiger partial charge in [-0.05, 0) is 11.4 Å². The summed E-state index contributed by atoms with van der Waals surface area (Å²) in [7, 11) is -2.22. The van der Waals surface area contributed by atoms with Gasteiger partial charge in [-0.1, -0.05) is 6.07 Å². The second-order valence-corrected chi connectivity index (χ2v) is 5.78. The molecule has 0 saturated carbocycles. The van der Waals surface area contributed by atoms with Gasteiger partial charge in [-0.3, -0.25) is 4.57 Å². The van der Waals surface area contributed by atoms with E-state index in [1.165, 1.54) is 11.3 Å². The molecule has 0 fully saturated rings. The summed E-state index contributed by atoms with van der Waals surface area (Å²) < 4.78 is 21.5. The average Bonchev–Trinajstić information content (AvgIpc) is 2.37. The fraction of sp³-hybridized carbons (Fsp3) is 0. The maximum Gasteiger partial charge on any atom is 0.224 e. The molecule has 1 aromatic rings. The third kappa shape index (κ3) is 1.72. The molecule has 0 spiro atoms. The molecule has 1 aromatic heterocycles. The summed E-state index contributed by atoms with van der Waals surface area (Å²) in [5.74, 6) is 0. The van der Waals surface area contributed by atoms with Crippen molar-refractivity contribution in [3.05, 3.63) is 17.5 Å². The van der Waals surface area contributed by atoms with Gasteiger partial charge in [0.15, 0.2) is 7.49 Å². The van der Waals surface area contributed by atoms with Crippen molar-refractivity contribution in [3.63, 3.8) is 0 Å². The molecule has 1 atom stereocenters. The lowest BCUT2D eigenvalue weighted by Crippen LogP contribution is -1.77. The lowest BCUT2D eigenvalue weighted by atomic mass is 10.7. The molecule has 0 bridgehead atoms. The average molecular weight is 178 g/mol. The molecule has 0 saturated heterocycles. The highest BCUT2D eigenvalue weighted by molar-refractivity contribution is 8.14. The standard InChI is InChI=1S/C4H4O2P2S/c5-7-8(6)4-2-1-3-9-4/h1-3,8H. The van der Waals surface area contributed by atoms with E-state index in [2.05, 4.69) is 0 Å². The van der Waals surface area contributed by atoms with Crippen LogP contribution in [0.2, 0.25) is 0 Å². The van der Waals surface area contributed by atoms with Gasteiger partial charge >= 0.3 is 0 Å². The first-order valence-electron chi connectivity index (χ1n) is 2.26. The highest BCUT2D eigenvalue weighted by Crippen LogP contribution is 2.35. The Labute approximate surface area is 58.8 Å². The Morgan fingerprint density at radius 3 is 2.89 bits per heavy atom. The van der Waals surface area contributed by atoms with Gasteiger partial charge in [0, 0.05) is 0 Å². The van der Waals surface area contributed by atoms with Crippen LogP contribution in [0.1, 0.15) is 0 Å². The summed E-state index contributed by atoms with van der Waals surface area (Å²) in [6.07, 6.45) is 0. The fourth-order valence-corrected chi connectivity index (χ4v) is 3.15. The molecule has 5 heteroatoms. The van der Waals surface area contributed by atoms with Gasteiger partial charge in [0.2, 0.25) is 8.15 Å². The number of hydrogen-bond donors (Lipinski definition) is 0. The van der Waals surface area contributed by atoms with E-state index in [0.717, 1.165) is 4.62 Å². The van der Waals surface area contributed by atoms with Gasteiger partial charge < -0.3 is 4.57 Å². The molecular weight excluding hydrogens is 174 g/mol. The van der Waals surface area contributed by atoms with Gasteiger partial charge in [0.05, 0.1) is 4.62 Å². The third-order valence-electron chi connectivity index (χ3n) is 0.815. The maximum absolute atomic E-state index is 10.7. The molecule has 48 valence electrons. The largest absolute Gasteiger partial charge is 0.308 e. The molecule has 9 heavy (non-hydrogen) atoms. The quantitative estimate of drug-likeness (QED) is 0.650. The van der Waals surface area contributed by atoms with E-state index in [-0.39, 0.29) is 8.15 Å². The van der Waals surface area contributed by atoms with Crippen LogP contribution in [0.15, 0.2) is 17.5 Å². The van der Waals surface area contributed by atoms with Crippen LogP contribution in [0.4, 0.5) is 0 Å². The van der Waals surface area contributed by atoms with Crippen LogP contribution >= 0.6 is 27.0 Å². The van der Waals surface area contributed by atoms with Crippen molar-refractivity contribution in [2.75, 3.05) is 0 Å². The molecule has 0 amide bonds. The highest BCUT2D eigenvalue weighted by Gasteiger charge is 2.00. The van der Waals surface area contributed by atoms with Crippen molar-refractivity contribution in [1.29, 1.82) is 0 Å². The topological polar surface area (TPSA) is 34.1 Å². The van der Waals surface area contributed by atoms with E-state index in [9.17, 15) is 9.13 Å². The zero-order chi connectivity index (χ0) is 6.69. The summed E-state index contributed by atoms with van der Waals surface area (Å²) in [4.78, 5) is 0. The van der Waals surface area contributed by atoms with Crippen molar-refractivity contribution >= 4 is 31.6 Å². The lowest BCUT2D eigenvalue weighted by Gasteiger charge is -1.79. The van der Waals surface area contributed by atoms with E-state index in [4.69, 9.17) is 0 Å². The Kier molecular flexibility index (Phi) is 2.59. The van der Waals surface area contributed by atoms with Gasteiger partial charge in [0.1, 0.15) is 0 Å². The number of rotatable bonds is 2. The first-order valence-corrected chi connectivity index (χ1v) is 6.20. The molecule has 0 aliphatic carbocycles. The minimum Gasteiger partial charge on any atom is -0.308 e. The van der Waals surface area contributed by atoms with Crippen molar-refractivity contribution < 1.29 is 9.13 Å². The normalized spacial score (nSPS) is 13.8. The summed E-state index contributed by atoms with van der Waals surface area (Å²) in [5, 5.41) is 1.82. The van der Waals surface area contributed by atoms with Crippen LogP contribution in [-0.2, 0) is 9.13 Å². The molecule has 1 rings (SSSR count). The zero-order valence-corrected chi connectivity index (χ0v) is 7.11. The Morgan fingerprint density at radius 1 is 1.67 bits per heavy atom. The van der Waals surface area contributed by atoms with Crippen molar-refractivity contribution in [2.24, 2.45) is 0 Å². The monoisotopic (exact) mass is 178 g/mol. The predicted octanol–water partition coefficient (Wildman–Crippen LogP) is 2.14. The van der Waals surface area contributed by atoms with E-state index >= 15 is 0 Å². The molecule has 0 aromatic carbocycles. The predicted molar refractivity (Wildman–Crippen MR) is 40.6 cm³/mol. The molecular formula is C4H4O2P2S. The summed E-state index contributed by atoms with van der Waals surface area (Å²) >= 11 is 1.38. The second kappa shape index (κ2) is 3.26. The van der Waals surface area contributed by atoms with E-state index in [1.807, 2.05) is 5.38 Å². The number of hydrogen-bond acceptors (Lipinski definition) is 3. The van der Waals surface area contributed by atoms with Crippen molar-refractivity contribution in [2.45, 2.75) is 0 Å². The number of thiophene rings is 1. The SMILES string of the molecule is O=P[PH](=O)c1cccs1. The molecule has 0 radical (unpaired) electrons. The Bertz CT molecular complexity index is 218. The van der Waals surface area contributed by atoms with Crippen molar-refractivity contribution in [3.8, 4) is 0 Å². The van der Waals surface area contributed by atoms with Crippen LogP contribution in [0.3, 0.4) is 0 Å². The zero-order valence-electron chi connectivity index (χ0n) is 4.40. The third-order valence-corrected chi connectivity index (χ3v) is 4.84. The van der Waals surface area contributed by atoms with Crippen LogP contribution < -0.4 is 4.62 Å². The Balaban J connectivity index is 2.89. The first kappa shape index (κ1) is 7.14. The molecule has 1 heterocycles. The van der Waals surface area contributed by atoms with Gasteiger partial charge in [-0.2, -0.15) is 0 Å². The minimum absolute atomic E-state index is 0.239. The maximum atomic E-state index is 10.7. The molecule has 0 aliphatic rings. The van der Waals surface area contributed by atoms with Crippen LogP contribution in [0.25, 0.3) is 0 Å². The van der Waals surface area contributed by atoms with Gasteiger partial charge in [0.25, 0.3) is 0 Å². The second-order valence-electron chi connectivity index (χ2n) is 1.37. The summed E-state index contributed by atoms with van der Waals surface area (Å²) in [5.41, 5.74) is 0. The molecule has 0 N–H and O–H groups in total. The highest BCUT2D eigenvalue weighted by atomic mass is 32.1. The van der Waals surface area contributed by atoms with E-state index < -0.39 is 7.49 Å². The van der Waals surface area contributed by atoms with E-state index in [0.29, 0.717) is 0 Å². The fourth-order valence-electron chi connectivity index (χ4n) is 0.445. The first-order chi connectivity index (χ1) is 4.34. The lowest BCUT2D eigenvalue weighted by molar-refractivity contribution is 0.589. The van der Waals surface area contributed by atoms with Crippen LogP contribution in [0.5, 0.6) is 0 Å². The minimum atomic E-state index is -1.98. The van der Waals surface area contributed by atoms with Crippen molar-refractivity contribution in [1.82, 2.24) is 0 Å². The van der Waals surface area contributed by atoms with Gasteiger partial charge in [-0.15, -0.1) is 11.3 Å². The van der Waals surface area contributed by atoms with Crippen LogP contribution in [-0.4, -0.2) is 0 Å². The Morgan fingerprint density at radius 2 is 2.44 bits per heavy atom. The van der Waals surface area contributed by atoms with Crippen LogP contribution in [0, 0.1) is 0 Å². The van der Waals surface area contributed by atoms with E-state index in [1.54, 1.807) is 12.1 Å². The Hall–Kier alpha value is 0.0300. The van der Waals surface area contributed by atoms with Gasteiger partial charge in [-0.25, -0.2) is 0 Å². The molecule has 1 unspecified atom stereocenters. The molecule has 0 aliphatic heterocycles. The summed E-state index contributed by atoms with van der Waals surface area (Å²) in [6.45, 7) is 0. The smallest absolute Gasteiger partial charge is 0.224 e.